The average molecular weight is 255 g/mol. The van der Waals surface area contributed by atoms with Crippen molar-refractivity contribution >= 4 is 5.82 Å². The van der Waals surface area contributed by atoms with E-state index in [0.717, 1.165) is 19.5 Å². The molecule has 0 aliphatic carbocycles. The van der Waals surface area contributed by atoms with E-state index in [2.05, 4.69) is 9.88 Å². The number of pyridine rings is 1. The Kier molecular flexibility index (Phi) is 6.01. The van der Waals surface area contributed by atoms with E-state index in [1.54, 1.807) is 6.20 Å². The molecule has 0 aliphatic heterocycles. The molecule has 0 aliphatic rings. The monoisotopic (exact) mass is 255 g/mol. The van der Waals surface area contributed by atoms with E-state index < -0.39 is 5.82 Å². The van der Waals surface area contributed by atoms with Gasteiger partial charge in [0.1, 0.15) is 0 Å². The van der Waals surface area contributed by atoms with Crippen LogP contribution in [0, 0.1) is 5.82 Å². The third kappa shape index (κ3) is 3.92. The fraction of sp³-hybridized carbons (Fsp3) is 0.615. The van der Waals surface area contributed by atoms with E-state index >= 15 is 0 Å². The lowest BCUT2D eigenvalue weighted by Gasteiger charge is -2.23. The van der Waals surface area contributed by atoms with Crippen LogP contribution < -0.4 is 4.90 Å². The van der Waals surface area contributed by atoms with Crippen molar-refractivity contribution in [3.8, 4) is 0 Å². The smallest absolute Gasteiger partial charge is 0.171 e. The Morgan fingerprint density at radius 2 is 2.06 bits per heavy atom. The number of hydrogen-bond acceptors (Lipinski definition) is 4. The summed E-state index contributed by atoms with van der Waals surface area (Å²) >= 11 is 0. The van der Waals surface area contributed by atoms with Gasteiger partial charge in [-0.3, -0.25) is 0 Å². The molecule has 1 aromatic heterocycles. The summed E-state index contributed by atoms with van der Waals surface area (Å²) in [5, 5.41) is 9.05. The topological polar surface area (TPSA) is 39.6 Å². The summed E-state index contributed by atoms with van der Waals surface area (Å²) in [6.45, 7) is 4.09. The Morgan fingerprint density at radius 1 is 1.33 bits per heavy atom. The molecule has 1 N–H and O–H groups in total. The highest BCUT2D eigenvalue weighted by molar-refractivity contribution is 5.42. The molecule has 0 aromatic carbocycles. The number of nitrogens with zero attached hydrogens (tertiary/aromatic N) is 3. The number of aliphatic hydroxyl groups excluding tert-OH is 1. The molecule has 0 fully saturated rings. The van der Waals surface area contributed by atoms with Gasteiger partial charge in [-0.25, -0.2) is 9.37 Å². The highest BCUT2D eigenvalue weighted by atomic mass is 19.1. The van der Waals surface area contributed by atoms with Gasteiger partial charge in [0, 0.05) is 24.8 Å². The zero-order valence-corrected chi connectivity index (χ0v) is 11.4. The van der Waals surface area contributed by atoms with E-state index in [1.165, 1.54) is 6.07 Å². The van der Waals surface area contributed by atoms with Gasteiger partial charge in [0.25, 0.3) is 0 Å². The zero-order valence-electron chi connectivity index (χ0n) is 11.4. The fourth-order valence-corrected chi connectivity index (χ4v) is 1.81. The molecule has 0 radical (unpaired) electrons. The third-order valence-electron chi connectivity index (χ3n) is 2.84. The van der Waals surface area contributed by atoms with Crippen molar-refractivity contribution in [1.29, 1.82) is 0 Å². The largest absolute Gasteiger partial charge is 0.392 e. The molecule has 0 amide bonds. The van der Waals surface area contributed by atoms with Gasteiger partial charge in [0.15, 0.2) is 11.6 Å². The second-order valence-corrected chi connectivity index (χ2v) is 4.50. The minimum Gasteiger partial charge on any atom is -0.392 e. The number of hydrogen-bond donors (Lipinski definition) is 1. The Balaban J connectivity index is 2.75. The summed E-state index contributed by atoms with van der Waals surface area (Å²) in [5.41, 5.74) is 0.297. The summed E-state index contributed by atoms with van der Waals surface area (Å²) in [6.07, 6.45) is 2.49. The molecule has 5 heteroatoms. The van der Waals surface area contributed by atoms with Crippen LogP contribution >= 0.6 is 0 Å². The highest BCUT2D eigenvalue weighted by Gasteiger charge is 2.14. The molecule has 0 saturated heterocycles. The minimum absolute atomic E-state index is 0.295. The van der Waals surface area contributed by atoms with Gasteiger partial charge < -0.3 is 14.9 Å². The molecular formula is C13H22FN3O. The number of rotatable bonds is 7. The average Bonchev–Trinajstić information content (AvgIpc) is 2.35. The molecule has 1 aromatic rings. The van der Waals surface area contributed by atoms with Gasteiger partial charge in [-0.15, -0.1) is 0 Å². The molecule has 0 saturated carbocycles. The van der Waals surface area contributed by atoms with Crippen molar-refractivity contribution in [2.24, 2.45) is 0 Å². The molecule has 0 unspecified atom stereocenters. The Morgan fingerprint density at radius 3 is 2.61 bits per heavy atom. The van der Waals surface area contributed by atoms with Crippen LogP contribution in [0.15, 0.2) is 12.3 Å². The molecule has 18 heavy (non-hydrogen) atoms. The highest BCUT2D eigenvalue weighted by Crippen LogP contribution is 2.19. The predicted molar refractivity (Wildman–Crippen MR) is 71.2 cm³/mol. The second kappa shape index (κ2) is 7.28. The van der Waals surface area contributed by atoms with Gasteiger partial charge in [-0.2, -0.15) is 0 Å². The summed E-state index contributed by atoms with van der Waals surface area (Å²) in [6, 6.07) is 1.51. The molecular weight excluding hydrogens is 233 g/mol. The number of aromatic nitrogens is 1. The zero-order chi connectivity index (χ0) is 13.5. The van der Waals surface area contributed by atoms with Crippen LogP contribution in [0.1, 0.15) is 18.9 Å². The third-order valence-corrected chi connectivity index (χ3v) is 2.84. The summed E-state index contributed by atoms with van der Waals surface area (Å²) in [5.74, 6) is -0.0745. The normalized spacial score (nSPS) is 11.0. The maximum absolute atomic E-state index is 14.0. The predicted octanol–water partition coefficient (Wildman–Crippen LogP) is 1.49. The molecule has 0 atom stereocenters. The Bertz CT molecular complexity index is 371. The van der Waals surface area contributed by atoms with Crippen LogP contribution in [-0.2, 0) is 6.61 Å². The van der Waals surface area contributed by atoms with E-state index in [9.17, 15) is 4.39 Å². The van der Waals surface area contributed by atoms with Crippen LogP contribution in [0.4, 0.5) is 10.2 Å². The van der Waals surface area contributed by atoms with Crippen molar-refractivity contribution < 1.29 is 9.50 Å². The maximum Gasteiger partial charge on any atom is 0.171 e. The number of aliphatic hydroxyl groups is 1. The van der Waals surface area contributed by atoms with Crippen molar-refractivity contribution in [3.05, 3.63) is 23.6 Å². The van der Waals surface area contributed by atoms with Crippen molar-refractivity contribution in [3.63, 3.8) is 0 Å². The van der Waals surface area contributed by atoms with Crippen LogP contribution in [0.2, 0.25) is 0 Å². The first-order valence-electron chi connectivity index (χ1n) is 6.24. The summed E-state index contributed by atoms with van der Waals surface area (Å²) < 4.78 is 14.0. The first-order chi connectivity index (χ1) is 8.60. The standard InChI is InChI=1S/C13H22FN3O/c1-4-17(9-5-8-16(2)3)13-12(14)11(10-18)6-7-15-13/h6-7,18H,4-5,8-10H2,1-3H3. The van der Waals surface area contributed by atoms with Crippen molar-refractivity contribution in [2.75, 3.05) is 38.6 Å². The fourth-order valence-electron chi connectivity index (χ4n) is 1.81. The van der Waals surface area contributed by atoms with E-state index in [1.807, 2.05) is 25.9 Å². The van der Waals surface area contributed by atoms with E-state index in [0.29, 0.717) is 17.9 Å². The molecule has 0 bridgehead atoms. The van der Waals surface area contributed by atoms with Gasteiger partial charge in [-0.1, -0.05) is 0 Å². The van der Waals surface area contributed by atoms with Gasteiger partial charge in [0.05, 0.1) is 6.61 Å². The van der Waals surface area contributed by atoms with Crippen LogP contribution in [0.3, 0.4) is 0 Å². The quantitative estimate of drug-likeness (QED) is 0.801. The minimum atomic E-state index is -0.410. The lowest BCUT2D eigenvalue weighted by molar-refractivity contribution is 0.275. The SMILES string of the molecule is CCN(CCCN(C)C)c1nccc(CO)c1F. The lowest BCUT2D eigenvalue weighted by Crippen LogP contribution is -2.28. The molecule has 1 rings (SSSR count). The second-order valence-electron chi connectivity index (χ2n) is 4.50. The number of anilines is 1. The van der Waals surface area contributed by atoms with Crippen molar-refractivity contribution in [1.82, 2.24) is 9.88 Å². The summed E-state index contributed by atoms with van der Waals surface area (Å²) in [4.78, 5) is 8.08. The maximum atomic E-state index is 14.0. The Labute approximate surface area is 108 Å². The Hall–Kier alpha value is -1.20. The first kappa shape index (κ1) is 14.9. The van der Waals surface area contributed by atoms with Gasteiger partial charge in [0.2, 0.25) is 0 Å². The molecule has 0 spiro atoms. The van der Waals surface area contributed by atoms with E-state index in [-0.39, 0.29) is 6.61 Å². The lowest BCUT2D eigenvalue weighted by atomic mass is 10.2. The molecule has 102 valence electrons. The van der Waals surface area contributed by atoms with Gasteiger partial charge >= 0.3 is 0 Å². The van der Waals surface area contributed by atoms with E-state index in [4.69, 9.17) is 5.11 Å². The van der Waals surface area contributed by atoms with Gasteiger partial charge in [-0.05, 0) is 40.1 Å². The molecule has 4 nitrogen and oxygen atoms in total. The van der Waals surface area contributed by atoms with Crippen LogP contribution in [0.5, 0.6) is 0 Å². The number of halogens is 1. The first-order valence-corrected chi connectivity index (χ1v) is 6.24. The summed E-state index contributed by atoms with van der Waals surface area (Å²) in [7, 11) is 4.03. The molecule has 1 heterocycles. The van der Waals surface area contributed by atoms with Crippen LogP contribution in [0.25, 0.3) is 0 Å². The van der Waals surface area contributed by atoms with Crippen LogP contribution in [-0.4, -0.2) is 48.7 Å². The van der Waals surface area contributed by atoms with Crippen molar-refractivity contribution in [2.45, 2.75) is 20.0 Å².